The van der Waals surface area contributed by atoms with E-state index in [0.717, 1.165) is 61.3 Å². The zero-order chi connectivity index (χ0) is 24.4. The van der Waals surface area contributed by atoms with Crippen molar-refractivity contribution in [3.8, 4) is 11.3 Å². The average molecular weight is 491 g/mol. The first-order valence-corrected chi connectivity index (χ1v) is 11.6. The summed E-state index contributed by atoms with van der Waals surface area (Å²) in [5, 5.41) is 11.4. The van der Waals surface area contributed by atoms with E-state index in [2.05, 4.69) is 49.2 Å². The zero-order valence-electron chi connectivity index (χ0n) is 19.7. The third kappa shape index (κ3) is 5.33. The molecule has 1 aromatic carbocycles. The summed E-state index contributed by atoms with van der Waals surface area (Å²) in [7, 11) is 0. The molecule has 3 aromatic heterocycles. The Hall–Kier alpha value is -3.92. The molecule has 10 heteroatoms. The van der Waals surface area contributed by atoms with Crippen LogP contribution < -0.4 is 5.32 Å². The predicted molar refractivity (Wildman–Crippen MR) is 138 cm³/mol. The Kier molecular flexibility index (Phi) is 7.54. The van der Waals surface area contributed by atoms with Crippen LogP contribution in [0.15, 0.2) is 42.7 Å². The number of carbonyl (C=O) groups excluding carboxylic acids is 1. The predicted octanol–water partition coefficient (Wildman–Crippen LogP) is 4.33. The lowest BCUT2D eigenvalue weighted by Crippen LogP contribution is -2.45. The van der Waals surface area contributed by atoms with E-state index in [1.165, 1.54) is 6.20 Å². The third-order valence-electron chi connectivity index (χ3n) is 6.21. The molecule has 0 bridgehead atoms. The van der Waals surface area contributed by atoms with Crippen molar-refractivity contribution in [2.45, 2.75) is 33.7 Å². The fourth-order valence-corrected chi connectivity index (χ4v) is 4.24. The first-order valence-electron chi connectivity index (χ1n) is 11.6. The fourth-order valence-electron chi connectivity index (χ4n) is 4.24. The molecule has 5 rings (SSSR count). The number of hydrogen-bond acceptors (Lipinski definition) is 7. The van der Waals surface area contributed by atoms with E-state index < -0.39 is 5.82 Å². The molecule has 1 amide bonds. The normalized spacial score (nSPS) is 14.2. The van der Waals surface area contributed by atoms with Gasteiger partial charge in [-0.25, -0.2) is 19.3 Å². The summed E-state index contributed by atoms with van der Waals surface area (Å²) in [6.45, 7) is 8.10. The summed E-state index contributed by atoms with van der Waals surface area (Å²) in [5.74, 6) is 0.604. The lowest BCUT2D eigenvalue weighted by molar-refractivity contribution is -0.119. The van der Waals surface area contributed by atoms with Gasteiger partial charge in [-0.2, -0.15) is 5.10 Å². The van der Waals surface area contributed by atoms with Crippen LogP contribution in [0.25, 0.3) is 22.2 Å². The number of halogens is 1. The molecule has 4 heterocycles. The summed E-state index contributed by atoms with van der Waals surface area (Å²) in [6.07, 6.45) is 3.88. The zero-order valence-corrected chi connectivity index (χ0v) is 19.7. The number of carbonyl (C=O) groups is 1. The van der Waals surface area contributed by atoms with E-state index in [4.69, 9.17) is 0 Å². The number of benzene rings is 1. The van der Waals surface area contributed by atoms with Crippen molar-refractivity contribution >= 4 is 29.1 Å². The average Bonchev–Trinajstić information content (AvgIpc) is 3.30. The molecule has 4 aromatic rings. The second-order valence-electron chi connectivity index (χ2n) is 9.01. The van der Waals surface area contributed by atoms with Gasteiger partial charge in [0.1, 0.15) is 11.5 Å². The Balaban J connectivity index is 0.00000304. The highest BCUT2D eigenvalue weighted by Gasteiger charge is 2.16. The van der Waals surface area contributed by atoms with E-state index in [0.29, 0.717) is 11.4 Å². The van der Waals surface area contributed by atoms with Crippen molar-refractivity contribution < 1.29 is 9.18 Å². The summed E-state index contributed by atoms with van der Waals surface area (Å²) < 4.78 is 14.7. The first kappa shape index (κ1) is 25.2. The van der Waals surface area contributed by atoms with Gasteiger partial charge in [0, 0.05) is 55.6 Å². The van der Waals surface area contributed by atoms with E-state index >= 15 is 0 Å². The number of aromatic amines is 1. The van der Waals surface area contributed by atoms with E-state index in [1.807, 2.05) is 30.3 Å². The van der Waals surface area contributed by atoms with E-state index in [-0.39, 0.29) is 25.0 Å². The largest absolute Gasteiger partial charge is 0.343 e. The van der Waals surface area contributed by atoms with Crippen LogP contribution in [0.2, 0.25) is 0 Å². The molecule has 0 spiro atoms. The van der Waals surface area contributed by atoms with Crippen LogP contribution in [0.5, 0.6) is 0 Å². The van der Waals surface area contributed by atoms with Crippen LogP contribution in [0, 0.1) is 5.82 Å². The van der Waals surface area contributed by atoms with Gasteiger partial charge in [0.15, 0.2) is 5.82 Å². The van der Waals surface area contributed by atoms with Gasteiger partial charge in [0.05, 0.1) is 11.7 Å². The van der Waals surface area contributed by atoms with E-state index in [9.17, 15) is 9.18 Å². The van der Waals surface area contributed by atoms with Gasteiger partial charge in [-0.1, -0.05) is 33.4 Å². The number of amides is 1. The highest BCUT2D eigenvalue weighted by molar-refractivity contribution is 5.86. The topological polar surface area (TPSA) is 103 Å². The van der Waals surface area contributed by atoms with Gasteiger partial charge in [-0.15, -0.1) is 0 Å². The maximum absolute atomic E-state index is 14.7. The number of aromatic nitrogens is 5. The molecule has 1 saturated heterocycles. The van der Waals surface area contributed by atoms with Crippen molar-refractivity contribution in [2.75, 3.05) is 31.5 Å². The quantitative estimate of drug-likeness (QED) is 0.372. The van der Waals surface area contributed by atoms with Crippen molar-refractivity contribution in [3.63, 3.8) is 0 Å². The molecule has 2 N–H and O–H groups in total. The Morgan fingerprint density at radius 2 is 1.92 bits per heavy atom. The lowest BCUT2D eigenvalue weighted by Gasteiger charge is -2.32. The Bertz CT molecular complexity index is 1330. The Morgan fingerprint density at radius 3 is 2.61 bits per heavy atom. The molecular weight excluding hydrogens is 459 g/mol. The molecule has 1 fully saturated rings. The molecule has 0 radical (unpaired) electrons. The molecule has 0 atom stereocenters. The van der Waals surface area contributed by atoms with Crippen LogP contribution >= 0.6 is 0 Å². The lowest BCUT2D eigenvalue weighted by atomic mass is 10.0. The molecule has 188 valence electrons. The highest BCUT2D eigenvalue weighted by atomic mass is 19.1. The van der Waals surface area contributed by atoms with Gasteiger partial charge in [0.2, 0.25) is 12.4 Å². The van der Waals surface area contributed by atoms with Gasteiger partial charge in [-0.3, -0.25) is 14.8 Å². The first-order chi connectivity index (χ1) is 17.0. The standard InChI is InChI=1S/C25H27FN8O.CH4/c1-16(2)23-19-11-18(4-5-21(19)31-32-23)24-20(26)13-28-25(30-24)29-22-6-3-17(12-27-22)14-33-7-9-34(15-35)10-8-33;/h3-6,11-13,15-16H,7-10,14H2,1-2H3,(H,31,32)(H,27,28,29,30);1H4. The molecule has 36 heavy (non-hydrogen) atoms. The van der Waals surface area contributed by atoms with Crippen molar-refractivity contribution in [1.82, 2.24) is 34.9 Å². The summed E-state index contributed by atoms with van der Waals surface area (Å²) in [6, 6.07) is 9.43. The minimum atomic E-state index is -0.498. The van der Waals surface area contributed by atoms with Crippen molar-refractivity contribution in [3.05, 3.63) is 59.8 Å². The molecule has 0 aliphatic carbocycles. The van der Waals surface area contributed by atoms with Crippen LogP contribution in [0.3, 0.4) is 0 Å². The van der Waals surface area contributed by atoms with Gasteiger partial charge < -0.3 is 10.2 Å². The van der Waals surface area contributed by atoms with Crippen molar-refractivity contribution in [1.29, 1.82) is 0 Å². The minimum Gasteiger partial charge on any atom is -0.343 e. The number of pyridine rings is 1. The monoisotopic (exact) mass is 490 g/mol. The fraction of sp³-hybridized carbons (Fsp3) is 0.346. The number of rotatable bonds is 7. The number of piperazine rings is 1. The van der Waals surface area contributed by atoms with Crippen molar-refractivity contribution in [2.24, 2.45) is 0 Å². The Labute approximate surface area is 209 Å². The number of H-pyrrole nitrogens is 1. The SMILES string of the molecule is C.CC(C)c1[nH]nc2ccc(-c3nc(Nc4ccc(CN5CCN(C=O)CC5)cn4)ncc3F)cc12. The van der Waals surface area contributed by atoms with Gasteiger partial charge in [-0.05, 0) is 29.7 Å². The van der Waals surface area contributed by atoms with Crippen LogP contribution in [0.1, 0.15) is 38.4 Å². The maximum atomic E-state index is 14.7. The molecule has 1 aliphatic rings. The minimum absolute atomic E-state index is 0. The highest BCUT2D eigenvalue weighted by Crippen LogP contribution is 2.29. The van der Waals surface area contributed by atoms with Crippen LogP contribution in [-0.2, 0) is 11.3 Å². The van der Waals surface area contributed by atoms with Gasteiger partial charge >= 0.3 is 0 Å². The second-order valence-corrected chi connectivity index (χ2v) is 9.01. The molecule has 0 unspecified atom stereocenters. The number of nitrogens with one attached hydrogen (secondary N) is 2. The summed E-state index contributed by atoms with van der Waals surface area (Å²) in [4.78, 5) is 27.9. The smallest absolute Gasteiger partial charge is 0.229 e. The third-order valence-corrected chi connectivity index (χ3v) is 6.21. The number of fused-ring (bicyclic) bond motifs is 1. The number of nitrogens with zero attached hydrogens (tertiary/aromatic N) is 6. The summed E-state index contributed by atoms with van der Waals surface area (Å²) in [5.41, 5.74) is 3.78. The molecular formula is C26H31FN8O. The van der Waals surface area contributed by atoms with Crippen LogP contribution in [-0.4, -0.2) is 67.5 Å². The molecule has 9 nitrogen and oxygen atoms in total. The second kappa shape index (κ2) is 10.8. The molecule has 0 saturated carbocycles. The van der Waals surface area contributed by atoms with E-state index in [1.54, 1.807) is 11.1 Å². The maximum Gasteiger partial charge on any atom is 0.229 e. The van der Waals surface area contributed by atoms with Gasteiger partial charge in [0.25, 0.3) is 0 Å². The summed E-state index contributed by atoms with van der Waals surface area (Å²) >= 11 is 0. The molecule has 1 aliphatic heterocycles. The number of hydrogen-bond donors (Lipinski definition) is 2. The van der Waals surface area contributed by atoms with Crippen LogP contribution in [0.4, 0.5) is 16.2 Å². The Morgan fingerprint density at radius 1 is 1.11 bits per heavy atom. The number of anilines is 2.